The van der Waals surface area contributed by atoms with Gasteiger partial charge in [0.05, 0.1) is 6.07 Å². The number of carbonyl (C=O) groups is 2. The second kappa shape index (κ2) is 5.32. The van der Waals surface area contributed by atoms with E-state index in [-0.39, 0.29) is 0 Å². The number of Topliss-reactive ketones (excluding diaryl/α,β-unsaturated/α-hetero) is 1. The second-order valence-corrected chi connectivity index (χ2v) is 4.10. The quantitative estimate of drug-likeness (QED) is 0.670. The summed E-state index contributed by atoms with van der Waals surface area (Å²) in [6.45, 7) is 0. The van der Waals surface area contributed by atoms with E-state index in [4.69, 9.17) is 5.26 Å². The Kier molecular flexibility index (Phi) is 3.58. The number of rotatable bonds is 3. The first kappa shape index (κ1) is 12.8. The molecular formula is C15H12N2O2. The van der Waals surface area contributed by atoms with Crippen LogP contribution >= 0.6 is 0 Å². The van der Waals surface area contributed by atoms with E-state index in [1.54, 1.807) is 24.3 Å². The number of benzene rings is 2. The fourth-order valence-electron chi connectivity index (χ4n) is 1.89. The average Bonchev–Trinajstić information content (AvgIpc) is 2.47. The Labute approximate surface area is 110 Å². The van der Waals surface area contributed by atoms with Gasteiger partial charge in [0.1, 0.15) is 0 Å². The van der Waals surface area contributed by atoms with Crippen LogP contribution in [-0.2, 0) is 4.79 Å². The van der Waals surface area contributed by atoms with Gasteiger partial charge in [-0.05, 0) is 16.8 Å². The average molecular weight is 252 g/mol. The number of nitrogens with one attached hydrogen (secondary N) is 1. The summed E-state index contributed by atoms with van der Waals surface area (Å²) in [6.07, 6.45) is 0. The normalized spacial score (nSPS) is 11.6. The molecule has 0 aromatic heterocycles. The summed E-state index contributed by atoms with van der Waals surface area (Å²) >= 11 is 0. The zero-order chi connectivity index (χ0) is 13.8. The van der Waals surface area contributed by atoms with Crippen LogP contribution in [0.2, 0.25) is 0 Å². The molecule has 0 heterocycles. The second-order valence-electron chi connectivity index (χ2n) is 4.10. The summed E-state index contributed by atoms with van der Waals surface area (Å²) < 4.78 is 0. The van der Waals surface area contributed by atoms with E-state index in [0.29, 0.717) is 5.56 Å². The number of nitriles is 1. The highest BCUT2D eigenvalue weighted by Crippen LogP contribution is 2.18. The highest BCUT2D eigenvalue weighted by atomic mass is 16.2. The van der Waals surface area contributed by atoms with E-state index in [0.717, 1.165) is 10.8 Å². The lowest BCUT2D eigenvalue weighted by atomic mass is 9.96. The fraction of sp³-hybridized carbons (Fsp3) is 0.133. The van der Waals surface area contributed by atoms with Gasteiger partial charge in [0.15, 0.2) is 11.7 Å². The van der Waals surface area contributed by atoms with Crippen LogP contribution in [0.15, 0.2) is 42.5 Å². The molecule has 0 fully saturated rings. The van der Waals surface area contributed by atoms with E-state index >= 15 is 0 Å². The molecule has 1 N–H and O–H groups in total. The molecule has 0 saturated carbocycles. The summed E-state index contributed by atoms with van der Waals surface area (Å²) in [5.41, 5.74) is 0.369. The number of hydrogen-bond donors (Lipinski definition) is 1. The predicted octanol–water partition coefficient (Wildman–Crippen LogP) is 1.91. The van der Waals surface area contributed by atoms with Crippen LogP contribution in [0.3, 0.4) is 0 Å². The first-order valence-electron chi connectivity index (χ1n) is 5.81. The maximum atomic E-state index is 12.1. The van der Waals surface area contributed by atoms with Crippen molar-refractivity contribution in [1.82, 2.24) is 5.32 Å². The Hall–Kier alpha value is -2.67. The largest absolute Gasteiger partial charge is 0.358 e. The van der Waals surface area contributed by atoms with Crippen molar-refractivity contribution >= 4 is 22.5 Å². The maximum Gasteiger partial charge on any atom is 0.245 e. The van der Waals surface area contributed by atoms with Crippen molar-refractivity contribution in [2.75, 3.05) is 7.05 Å². The molecular weight excluding hydrogens is 240 g/mol. The van der Waals surface area contributed by atoms with Crippen LogP contribution in [0.1, 0.15) is 10.4 Å². The fourth-order valence-corrected chi connectivity index (χ4v) is 1.89. The molecule has 94 valence electrons. The van der Waals surface area contributed by atoms with E-state index in [9.17, 15) is 9.59 Å². The molecule has 0 radical (unpaired) electrons. The third-order valence-electron chi connectivity index (χ3n) is 2.93. The van der Waals surface area contributed by atoms with Crippen LogP contribution in [0.25, 0.3) is 10.8 Å². The molecule has 0 bridgehead atoms. The molecule has 0 saturated heterocycles. The number of hydrogen-bond acceptors (Lipinski definition) is 3. The maximum absolute atomic E-state index is 12.1. The molecule has 0 spiro atoms. The van der Waals surface area contributed by atoms with Crippen LogP contribution in [-0.4, -0.2) is 18.7 Å². The Balaban J connectivity index is 2.41. The predicted molar refractivity (Wildman–Crippen MR) is 71.4 cm³/mol. The molecule has 2 aromatic carbocycles. The minimum absolute atomic E-state index is 0.369. The SMILES string of the molecule is CNC(=O)C(C#N)C(=O)c1ccc2ccccc2c1. The summed E-state index contributed by atoms with van der Waals surface area (Å²) in [7, 11) is 1.40. The van der Waals surface area contributed by atoms with Gasteiger partial charge in [-0.15, -0.1) is 0 Å². The lowest BCUT2D eigenvalue weighted by Crippen LogP contribution is -2.32. The van der Waals surface area contributed by atoms with Gasteiger partial charge in [-0.3, -0.25) is 9.59 Å². The molecule has 2 rings (SSSR count). The molecule has 19 heavy (non-hydrogen) atoms. The van der Waals surface area contributed by atoms with Crippen LogP contribution < -0.4 is 5.32 Å². The van der Waals surface area contributed by atoms with Gasteiger partial charge in [-0.2, -0.15) is 5.26 Å². The van der Waals surface area contributed by atoms with Gasteiger partial charge in [0, 0.05) is 12.6 Å². The zero-order valence-electron chi connectivity index (χ0n) is 10.4. The van der Waals surface area contributed by atoms with Gasteiger partial charge < -0.3 is 5.32 Å². The Morgan fingerprint density at radius 2 is 1.84 bits per heavy atom. The summed E-state index contributed by atoms with van der Waals surface area (Å²) in [5.74, 6) is -2.36. The number of nitrogens with zero attached hydrogens (tertiary/aromatic N) is 1. The Bertz CT molecular complexity index is 686. The van der Waals surface area contributed by atoms with Crippen molar-refractivity contribution in [1.29, 1.82) is 5.26 Å². The van der Waals surface area contributed by atoms with E-state index in [1.165, 1.54) is 7.05 Å². The van der Waals surface area contributed by atoms with Crippen molar-refractivity contribution in [3.8, 4) is 6.07 Å². The first-order chi connectivity index (χ1) is 9.17. The van der Waals surface area contributed by atoms with Gasteiger partial charge in [-0.25, -0.2) is 0 Å². The summed E-state index contributed by atoms with van der Waals surface area (Å²) in [4.78, 5) is 23.6. The number of amides is 1. The molecule has 4 nitrogen and oxygen atoms in total. The minimum atomic E-state index is -1.30. The zero-order valence-corrected chi connectivity index (χ0v) is 10.4. The molecule has 4 heteroatoms. The molecule has 2 aromatic rings. The molecule has 0 aliphatic heterocycles. The summed E-state index contributed by atoms with van der Waals surface area (Å²) in [5, 5.41) is 13.2. The van der Waals surface area contributed by atoms with Crippen molar-refractivity contribution in [3.05, 3.63) is 48.0 Å². The number of fused-ring (bicyclic) bond motifs is 1. The minimum Gasteiger partial charge on any atom is -0.358 e. The smallest absolute Gasteiger partial charge is 0.245 e. The van der Waals surface area contributed by atoms with Crippen molar-refractivity contribution < 1.29 is 9.59 Å². The third kappa shape index (κ3) is 2.45. The standard InChI is InChI=1S/C15H12N2O2/c1-17-15(19)13(9-16)14(18)12-7-6-10-4-2-3-5-11(10)8-12/h2-8,13H,1H3,(H,17,19). The third-order valence-corrected chi connectivity index (χ3v) is 2.93. The number of ketones is 1. The van der Waals surface area contributed by atoms with E-state index in [1.807, 2.05) is 24.3 Å². The summed E-state index contributed by atoms with van der Waals surface area (Å²) in [6, 6.07) is 14.5. The molecule has 1 amide bonds. The molecule has 0 aliphatic carbocycles. The number of carbonyl (C=O) groups excluding carboxylic acids is 2. The van der Waals surface area contributed by atoms with Crippen molar-refractivity contribution in [2.24, 2.45) is 5.92 Å². The molecule has 1 atom stereocenters. The Morgan fingerprint density at radius 1 is 1.16 bits per heavy atom. The topological polar surface area (TPSA) is 70.0 Å². The van der Waals surface area contributed by atoms with Crippen LogP contribution in [0.5, 0.6) is 0 Å². The van der Waals surface area contributed by atoms with Crippen molar-refractivity contribution in [2.45, 2.75) is 0 Å². The van der Waals surface area contributed by atoms with Gasteiger partial charge >= 0.3 is 0 Å². The monoisotopic (exact) mass is 252 g/mol. The molecule has 0 aliphatic rings. The van der Waals surface area contributed by atoms with Crippen molar-refractivity contribution in [3.63, 3.8) is 0 Å². The van der Waals surface area contributed by atoms with Gasteiger partial charge in [0.25, 0.3) is 0 Å². The lowest BCUT2D eigenvalue weighted by molar-refractivity contribution is -0.121. The highest BCUT2D eigenvalue weighted by molar-refractivity contribution is 6.13. The lowest BCUT2D eigenvalue weighted by Gasteiger charge is -2.07. The Morgan fingerprint density at radius 3 is 2.47 bits per heavy atom. The van der Waals surface area contributed by atoms with E-state index < -0.39 is 17.6 Å². The molecule has 1 unspecified atom stereocenters. The van der Waals surface area contributed by atoms with Crippen LogP contribution in [0.4, 0.5) is 0 Å². The van der Waals surface area contributed by atoms with E-state index in [2.05, 4.69) is 5.32 Å². The highest BCUT2D eigenvalue weighted by Gasteiger charge is 2.26. The van der Waals surface area contributed by atoms with Gasteiger partial charge in [0.2, 0.25) is 5.91 Å². The van der Waals surface area contributed by atoms with Gasteiger partial charge in [-0.1, -0.05) is 36.4 Å². The van der Waals surface area contributed by atoms with Crippen LogP contribution in [0, 0.1) is 17.2 Å². The first-order valence-corrected chi connectivity index (χ1v) is 5.81.